The first-order valence-corrected chi connectivity index (χ1v) is 40.4. The molecule has 4 aromatic carbocycles. The summed E-state index contributed by atoms with van der Waals surface area (Å²) in [6.07, 6.45) is -16.6. The number of aliphatic hydroxyl groups excluding tert-OH is 4. The number of rotatable bonds is 16. The number of hydrogen-bond donors (Lipinski definition) is 8. The third-order valence-electron chi connectivity index (χ3n) is 16.8. The number of ether oxygens (including phenoxy) is 4. The molecule has 40 nitrogen and oxygen atoms in total. The molecule has 0 amide bonds. The normalized spacial score (nSPS) is 33.6. The molecule has 52 heteroatoms. The van der Waals surface area contributed by atoms with Gasteiger partial charge >= 0.3 is 54.0 Å². The molecule has 8 aliphatic heterocycles. The van der Waals surface area contributed by atoms with E-state index in [1.165, 1.54) is 18.2 Å². The summed E-state index contributed by atoms with van der Waals surface area (Å²) in [4.78, 5) is 101. The number of hydrogen-bond acceptors (Lipinski definition) is 32. The van der Waals surface area contributed by atoms with Crippen LogP contribution in [0.2, 0.25) is 20.1 Å². The molecule has 0 spiro atoms. The second-order valence-electron chi connectivity index (χ2n) is 25.2. The van der Waals surface area contributed by atoms with Crippen molar-refractivity contribution in [2.75, 3.05) is 26.3 Å². The fourth-order valence-corrected chi connectivity index (χ4v) is 16.6. The largest absolute Gasteiger partial charge is 0.530 e. The minimum absolute atomic E-state index is 0.0515. The maximum atomic E-state index is 15.6. The molecule has 8 aliphatic rings. The zero-order chi connectivity index (χ0) is 88.7. The predicted molar refractivity (Wildman–Crippen MR) is 385 cm³/mol. The Balaban J connectivity index is 0.000000140. The highest BCUT2D eigenvalue weighted by atomic mass is 35.5. The summed E-state index contributed by atoms with van der Waals surface area (Å²) >= 11 is 22.6. The first-order chi connectivity index (χ1) is 56.9. The number of fused-ring (bicyclic) bond motifs is 4. The van der Waals surface area contributed by atoms with Gasteiger partial charge in [0, 0.05) is 72.7 Å². The molecule has 0 radical (unpaired) electrons. The Hall–Kier alpha value is -8.04. The highest BCUT2D eigenvalue weighted by molar-refractivity contribution is 7.49. The molecule has 4 aromatic heterocycles. The minimum atomic E-state index is -4.69. The van der Waals surface area contributed by atoms with Crippen LogP contribution >= 0.6 is 77.7 Å². The fourth-order valence-electron chi connectivity index (χ4n) is 11.3. The van der Waals surface area contributed by atoms with Crippen LogP contribution in [0, 0.1) is 0 Å². The lowest BCUT2D eigenvalue weighted by Gasteiger charge is -2.27. The molecule has 0 saturated carbocycles. The maximum Gasteiger partial charge on any atom is 0.530 e. The van der Waals surface area contributed by atoms with E-state index in [9.17, 15) is 77.0 Å². The number of phosphoric ester groups is 4. The van der Waals surface area contributed by atoms with Crippen LogP contribution in [0.25, 0.3) is 0 Å². The van der Waals surface area contributed by atoms with Crippen molar-refractivity contribution in [1.82, 2.24) is 38.2 Å². The molecule has 8 aromatic rings. The lowest BCUT2D eigenvalue weighted by molar-refractivity contribution is -0.179. The van der Waals surface area contributed by atoms with Crippen LogP contribution < -0.4 is 63.1 Å². The summed E-state index contributed by atoms with van der Waals surface area (Å²) in [6, 6.07) is 25.9. The first-order valence-electron chi connectivity index (χ1n) is 36.0. The summed E-state index contributed by atoms with van der Waals surface area (Å²) in [7, 11) is -17.6. The monoisotopic (exact) mass is 1800 g/mol. The second-order valence-corrected chi connectivity index (χ2v) is 33.1. The zero-order valence-electron chi connectivity index (χ0n) is 63.9. The Bertz CT molecular complexity index is 6150. The molecular formula is C64H60Cl4F4N8O32P4. The molecule has 16 rings (SSSR count). The Morgan fingerprint density at radius 2 is 0.647 bits per heavy atom. The lowest BCUT2D eigenvalue weighted by Crippen LogP contribution is -2.36. The number of para-hydroxylation sites is 4. The average molecular weight is 1800 g/mol. The van der Waals surface area contributed by atoms with E-state index in [0.717, 1.165) is 23.2 Å². The van der Waals surface area contributed by atoms with Crippen molar-refractivity contribution in [1.29, 1.82) is 0 Å². The molecule has 16 atom stereocenters. The number of halogens is 8. The van der Waals surface area contributed by atoms with E-state index in [4.69, 9.17) is 128 Å². The van der Waals surface area contributed by atoms with E-state index in [1.54, 1.807) is 83.8 Å². The van der Waals surface area contributed by atoms with Crippen LogP contribution in [0.4, 0.5) is 17.6 Å². The van der Waals surface area contributed by atoms with Crippen molar-refractivity contribution in [3.63, 3.8) is 0 Å². The number of nitrogens with zero attached hydrogens (tertiary/aromatic N) is 4. The molecule has 4 fully saturated rings. The molecular weight excluding hydrogens is 1730 g/mol. The summed E-state index contributed by atoms with van der Waals surface area (Å²) < 4.78 is 243. The molecule has 116 heavy (non-hydrogen) atoms. The summed E-state index contributed by atoms with van der Waals surface area (Å²) in [5.74, 6) is -11.7. The van der Waals surface area contributed by atoms with Gasteiger partial charge in [0.2, 0.25) is 23.4 Å². The molecule has 4 unspecified atom stereocenters. The van der Waals surface area contributed by atoms with Crippen LogP contribution in [0.3, 0.4) is 0 Å². The highest BCUT2D eigenvalue weighted by Crippen LogP contribution is 2.60. The SMILES string of the molecule is O=c1[nH]c(=O)n([C@@H]2O[C@](F)(COP3(=O)OCc4ccccc4O3)C[C@H]2O)cc1Cl.[2H]C([2H])(OP1(=O)OCc2ccccc2O1)[C@]1(F)C[C@@H](O)[C@H](n2cc(Cl)c(=O)[nH]c2=O)O1.[2H]C([2H])(OP1(=O)OCc2ccccc2O1)[C@]1(F)C[C@@H](O)[C@]([2H])(n2cc(Cl)c(=O)[nH]c2=O)O1.[2H][C@@]1(n2cc(Cl)c(=O)[nH]c2=O)O[C@](F)(COP2(=O)OCc3ccccc3O2)C[C@H]1O. The standard InChI is InChI=1S/4C16H15ClFN2O8P/c4*17-10-6-20(15(23)19-13(10)22)14-11(21)5-16(18,27-14)8-26-29(24)25-7-9-3-1-2-4-12(9)28-29/h4*1-4,6,11,14,21H,5,7-8H2,(H,19,22,23)/t4*11-,14-,16+,29?/m1111/s1/i8D2,14D;14D;8D2;. The number of aromatic amines is 4. The van der Waals surface area contributed by atoms with Gasteiger partial charge in [-0.1, -0.05) is 119 Å². The second kappa shape index (κ2) is 34.0. The molecule has 624 valence electrons. The van der Waals surface area contributed by atoms with Gasteiger partial charge in [0.25, 0.3) is 22.2 Å². The van der Waals surface area contributed by atoms with E-state index in [1.807, 2.05) is 15.0 Å². The number of aliphatic hydroxyl groups is 4. The highest BCUT2D eigenvalue weighted by Gasteiger charge is 2.55. The topological polar surface area (TPSA) is 516 Å². The van der Waals surface area contributed by atoms with Gasteiger partial charge in [0.15, 0.2) is 24.9 Å². The number of benzene rings is 4. The van der Waals surface area contributed by atoms with Gasteiger partial charge in [-0.3, -0.25) is 93.6 Å². The van der Waals surface area contributed by atoms with Crippen molar-refractivity contribution >= 4 is 77.7 Å². The van der Waals surface area contributed by atoms with Crippen LogP contribution in [-0.2, 0) is 99.8 Å². The van der Waals surface area contributed by atoms with Crippen molar-refractivity contribution in [2.24, 2.45) is 0 Å². The van der Waals surface area contributed by atoms with Gasteiger partial charge < -0.3 is 57.5 Å². The third-order valence-corrected chi connectivity index (χ3v) is 22.8. The summed E-state index contributed by atoms with van der Waals surface area (Å²) in [6.45, 7) is -9.62. The van der Waals surface area contributed by atoms with Gasteiger partial charge in [-0.05, 0) is 24.3 Å². The molecule has 8 N–H and O–H groups in total. The number of H-pyrrole nitrogens is 4. The number of aromatic nitrogens is 8. The number of nitrogens with one attached hydrogen (secondary N) is 4. The molecule has 0 aliphatic carbocycles. The Kier molecular flexibility index (Phi) is 22.8. The van der Waals surface area contributed by atoms with Gasteiger partial charge in [0.05, 0.1) is 34.7 Å². The number of phosphoric acid groups is 4. The van der Waals surface area contributed by atoms with E-state index in [0.29, 0.717) is 37.6 Å². The van der Waals surface area contributed by atoms with Crippen molar-refractivity contribution in [3.8, 4) is 23.0 Å². The Morgan fingerprint density at radius 3 is 0.991 bits per heavy atom. The van der Waals surface area contributed by atoms with Gasteiger partial charge in [-0.2, -0.15) is 0 Å². The average Bonchev–Trinajstić information content (AvgIpc) is 1.57. The van der Waals surface area contributed by atoms with Crippen LogP contribution in [0.1, 0.15) is 81.0 Å². The molecule has 0 bridgehead atoms. The quantitative estimate of drug-likeness (QED) is 0.0343. The zero-order valence-corrected chi connectivity index (χ0v) is 64.5. The predicted octanol–water partition coefficient (Wildman–Crippen LogP) is 7.48. The van der Waals surface area contributed by atoms with Gasteiger partial charge in [-0.25, -0.2) is 55.0 Å². The summed E-state index contributed by atoms with van der Waals surface area (Å²) in [5, 5.41) is 39.0. The van der Waals surface area contributed by atoms with E-state index in [2.05, 4.69) is 0 Å². The van der Waals surface area contributed by atoms with E-state index < -0.39 is 216 Å². The van der Waals surface area contributed by atoms with Crippen LogP contribution in [-0.4, -0.2) is 133 Å². The van der Waals surface area contributed by atoms with Crippen molar-refractivity contribution in [3.05, 3.63) is 248 Å². The number of alkyl halides is 4. The minimum Gasteiger partial charge on any atom is -0.404 e. The first kappa shape index (κ1) is 77.8. The fraction of sp³-hybridized carbons (Fsp3) is 0.375. The van der Waals surface area contributed by atoms with Crippen LogP contribution in [0.15, 0.2) is 160 Å². The molecule has 12 heterocycles. The Labute approximate surface area is 672 Å². The van der Waals surface area contributed by atoms with Crippen LogP contribution in [0.5, 0.6) is 23.0 Å². The van der Waals surface area contributed by atoms with Crippen molar-refractivity contribution < 1.29 is 138 Å². The lowest BCUT2D eigenvalue weighted by atomic mass is 10.2. The Morgan fingerprint density at radius 1 is 0.397 bits per heavy atom. The smallest absolute Gasteiger partial charge is 0.404 e. The van der Waals surface area contributed by atoms with Gasteiger partial charge in [0.1, 0.15) is 93.8 Å². The third kappa shape index (κ3) is 19.6. The van der Waals surface area contributed by atoms with E-state index >= 15 is 17.6 Å². The van der Waals surface area contributed by atoms with Gasteiger partial charge in [-0.15, -0.1) is 0 Å². The molecule has 4 saturated heterocycles. The maximum absolute atomic E-state index is 15.6. The van der Waals surface area contributed by atoms with Crippen molar-refractivity contribution in [2.45, 2.75) is 125 Å². The summed E-state index contributed by atoms with van der Waals surface area (Å²) in [5.41, 5.74) is -5.83. The van der Waals surface area contributed by atoms with E-state index in [-0.39, 0.29) is 59.0 Å².